The van der Waals surface area contributed by atoms with Crippen molar-refractivity contribution in [2.24, 2.45) is 0 Å². The van der Waals surface area contributed by atoms with Crippen molar-refractivity contribution in [2.75, 3.05) is 7.05 Å². The van der Waals surface area contributed by atoms with Crippen LogP contribution in [0.25, 0.3) is 0 Å². The van der Waals surface area contributed by atoms with E-state index in [9.17, 15) is 9.59 Å². The second-order valence-electron chi connectivity index (χ2n) is 4.86. The van der Waals surface area contributed by atoms with E-state index in [4.69, 9.17) is 16.0 Å². The molecule has 0 saturated heterocycles. The second kappa shape index (κ2) is 5.31. The minimum absolute atomic E-state index is 0.187. The third-order valence-electron chi connectivity index (χ3n) is 3.52. The molecule has 0 bridgehead atoms. The maximum Gasteiger partial charge on any atom is 0.260 e. The number of imide groups is 1. The van der Waals surface area contributed by atoms with Crippen molar-refractivity contribution in [2.45, 2.75) is 11.2 Å². The van der Waals surface area contributed by atoms with E-state index in [1.165, 1.54) is 7.05 Å². The number of hydrogen-bond acceptors (Lipinski definition) is 3. The molecule has 1 aromatic heterocycles. The number of alkyl halides is 1. The van der Waals surface area contributed by atoms with Crippen molar-refractivity contribution < 1.29 is 14.0 Å². The van der Waals surface area contributed by atoms with Crippen molar-refractivity contribution in [1.29, 1.82) is 0 Å². The number of furan rings is 1. The van der Waals surface area contributed by atoms with Crippen LogP contribution in [0.2, 0.25) is 5.22 Å². The molecule has 2 heterocycles. The average molecular weight is 369 g/mol. The van der Waals surface area contributed by atoms with E-state index < -0.39 is 0 Å². The number of halogens is 2. The summed E-state index contributed by atoms with van der Waals surface area (Å²) in [6.07, 6.45) is 0.247. The van der Waals surface area contributed by atoms with Gasteiger partial charge >= 0.3 is 0 Å². The summed E-state index contributed by atoms with van der Waals surface area (Å²) in [4.78, 5) is 24.8. The number of carbonyl (C=O) groups is 2. The highest BCUT2D eigenvalue weighted by atomic mass is 79.9. The van der Waals surface area contributed by atoms with Crippen molar-refractivity contribution in [3.63, 3.8) is 0 Å². The Morgan fingerprint density at radius 3 is 2.71 bits per heavy atom. The van der Waals surface area contributed by atoms with E-state index in [0.717, 1.165) is 16.0 Å². The van der Waals surface area contributed by atoms with Gasteiger partial charge in [0.15, 0.2) is 5.22 Å². The van der Waals surface area contributed by atoms with Crippen molar-refractivity contribution in [3.8, 4) is 0 Å². The summed E-state index contributed by atoms with van der Waals surface area (Å²) in [6, 6.07) is 8.92. The fourth-order valence-electron chi connectivity index (χ4n) is 2.31. The average Bonchev–Trinajstić information content (AvgIpc) is 2.90. The van der Waals surface area contributed by atoms with Crippen LogP contribution < -0.4 is 0 Å². The quantitative estimate of drug-likeness (QED) is 0.601. The molecular weight excluding hydrogens is 358 g/mol. The third kappa shape index (κ3) is 2.51. The van der Waals surface area contributed by atoms with Gasteiger partial charge in [-0.15, -0.1) is 0 Å². The molecule has 0 aliphatic carbocycles. The number of hydrogen-bond donors (Lipinski definition) is 0. The first-order valence-corrected chi connectivity index (χ1v) is 7.59. The number of nitrogens with zero attached hydrogens (tertiary/aromatic N) is 1. The van der Waals surface area contributed by atoms with E-state index in [0.29, 0.717) is 16.5 Å². The Labute approximate surface area is 134 Å². The summed E-state index contributed by atoms with van der Waals surface area (Å²) in [7, 11) is 1.50. The first-order chi connectivity index (χ1) is 9.97. The van der Waals surface area contributed by atoms with E-state index in [1.807, 2.05) is 12.1 Å². The monoisotopic (exact) mass is 367 g/mol. The Morgan fingerprint density at radius 2 is 2.05 bits per heavy atom. The Kier molecular flexibility index (Phi) is 3.63. The van der Waals surface area contributed by atoms with Crippen LogP contribution in [-0.4, -0.2) is 23.8 Å². The van der Waals surface area contributed by atoms with Gasteiger partial charge in [0.2, 0.25) is 5.91 Å². The SMILES string of the molecule is CN1C(=O)Cc2ccc(C(Br)c3ccc(Cl)o3)cc2C1=O. The van der Waals surface area contributed by atoms with Crippen molar-refractivity contribution >= 4 is 39.3 Å². The molecule has 6 heteroatoms. The van der Waals surface area contributed by atoms with Crippen LogP contribution in [0, 0.1) is 0 Å². The Hall–Kier alpha value is -1.59. The van der Waals surface area contributed by atoms with Gasteiger partial charge in [-0.3, -0.25) is 14.5 Å². The van der Waals surface area contributed by atoms with Gasteiger partial charge in [0.1, 0.15) is 5.76 Å². The summed E-state index contributed by atoms with van der Waals surface area (Å²) in [5.41, 5.74) is 2.18. The first kappa shape index (κ1) is 14.4. The summed E-state index contributed by atoms with van der Waals surface area (Å²) in [6.45, 7) is 0. The lowest BCUT2D eigenvalue weighted by Crippen LogP contribution is -2.39. The Balaban J connectivity index is 2.00. The van der Waals surface area contributed by atoms with Gasteiger partial charge in [-0.05, 0) is 40.9 Å². The number of amides is 2. The van der Waals surface area contributed by atoms with Crippen LogP contribution in [0.1, 0.15) is 32.1 Å². The van der Waals surface area contributed by atoms with Crippen molar-refractivity contribution in [1.82, 2.24) is 4.90 Å². The van der Waals surface area contributed by atoms with Gasteiger partial charge in [0.25, 0.3) is 5.91 Å². The zero-order chi connectivity index (χ0) is 15.1. The molecule has 1 aliphatic heterocycles. The topological polar surface area (TPSA) is 50.5 Å². The molecule has 1 aromatic carbocycles. The summed E-state index contributed by atoms with van der Waals surface area (Å²) in [5.74, 6) is 0.196. The van der Waals surface area contributed by atoms with Gasteiger partial charge in [0.05, 0.1) is 11.2 Å². The van der Waals surface area contributed by atoms with Gasteiger partial charge < -0.3 is 4.42 Å². The van der Waals surface area contributed by atoms with Crippen LogP contribution in [0.3, 0.4) is 0 Å². The number of benzene rings is 1. The molecule has 0 fully saturated rings. The predicted octanol–water partition coefficient (Wildman–Crippen LogP) is 3.57. The van der Waals surface area contributed by atoms with E-state index in [-0.39, 0.29) is 23.1 Å². The maximum atomic E-state index is 12.2. The molecule has 21 heavy (non-hydrogen) atoms. The minimum atomic E-state index is -0.278. The third-order valence-corrected chi connectivity index (χ3v) is 4.70. The predicted molar refractivity (Wildman–Crippen MR) is 81.7 cm³/mol. The second-order valence-corrected chi connectivity index (χ2v) is 6.14. The van der Waals surface area contributed by atoms with Gasteiger partial charge in [0, 0.05) is 12.6 Å². The molecule has 0 N–H and O–H groups in total. The zero-order valence-electron chi connectivity index (χ0n) is 11.1. The number of rotatable bonds is 2. The summed E-state index contributed by atoms with van der Waals surface area (Å²) >= 11 is 9.32. The lowest BCUT2D eigenvalue weighted by atomic mass is 9.95. The largest absolute Gasteiger partial charge is 0.448 e. The van der Waals surface area contributed by atoms with Crippen LogP contribution in [0.15, 0.2) is 34.7 Å². The molecule has 3 rings (SSSR count). The van der Waals surface area contributed by atoms with E-state index in [1.54, 1.807) is 18.2 Å². The van der Waals surface area contributed by atoms with E-state index >= 15 is 0 Å². The van der Waals surface area contributed by atoms with Crippen molar-refractivity contribution in [3.05, 3.63) is 58.0 Å². The molecule has 0 saturated carbocycles. The highest BCUT2D eigenvalue weighted by Crippen LogP contribution is 2.34. The smallest absolute Gasteiger partial charge is 0.260 e. The fourth-order valence-corrected chi connectivity index (χ4v) is 2.99. The van der Waals surface area contributed by atoms with E-state index in [2.05, 4.69) is 15.9 Å². The highest BCUT2D eigenvalue weighted by Gasteiger charge is 2.29. The number of fused-ring (bicyclic) bond motifs is 1. The molecule has 1 atom stereocenters. The lowest BCUT2D eigenvalue weighted by Gasteiger charge is -2.24. The van der Waals surface area contributed by atoms with Crippen LogP contribution in [0.4, 0.5) is 0 Å². The molecule has 108 valence electrons. The molecule has 4 nitrogen and oxygen atoms in total. The summed E-state index contributed by atoms with van der Waals surface area (Å²) in [5, 5.41) is 0.314. The Bertz CT molecular complexity index is 740. The molecule has 0 radical (unpaired) electrons. The standard InChI is InChI=1S/C15H11BrClNO3/c1-18-13(19)7-8-2-3-9(6-10(8)15(18)20)14(16)11-4-5-12(17)21-11/h2-6,14H,7H2,1H3. The molecule has 2 aromatic rings. The van der Waals surface area contributed by atoms with Crippen LogP contribution >= 0.6 is 27.5 Å². The maximum absolute atomic E-state index is 12.2. The molecule has 0 spiro atoms. The van der Waals surface area contributed by atoms with Gasteiger partial charge in [-0.25, -0.2) is 0 Å². The zero-order valence-corrected chi connectivity index (χ0v) is 13.4. The van der Waals surface area contributed by atoms with Gasteiger partial charge in [-0.2, -0.15) is 0 Å². The number of likely N-dealkylation sites (N-methyl/N-ethyl adjacent to an activating group) is 1. The first-order valence-electron chi connectivity index (χ1n) is 6.30. The molecule has 2 amide bonds. The summed E-state index contributed by atoms with van der Waals surface area (Å²) < 4.78 is 5.38. The normalized spacial score (nSPS) is 16.0. The molecule has 1 unspecified atom stereocenters. The highest BCUT2D eigenvalue weighted by molar-refractivity contribution is 9.09. The molecule has 1 aliphatic rings. The fraction of sp³-hybridized carbons (Fsp3) is 0.200. The van der Waals surface area contributed by atoms with Crippen LogP contribution in [-0.2, 0) is 11.2 Å². The number of carbonyl (C=O) groups excluding carboxylic acids is 2. The molecular formula is C15H11BrClNO3. The van der Waals surface area contributed by atoms with Crippen LogP contribution in [0.5, 0.6) is 0 Å². The Morgan fingerprint density at radius 1 is 1.29 bits per heavy atom. The minimum Gasteiger partial charge on any atom is -0.448 e. The van der Waals surface area contributed by atoms with Gasteiger partial charge in [-0.1, -0.05) is 28.1 Å². The lowest BCUT2D eigenvalue weighted by molar-refractivity contribution is -0.127.